The van der Waals surface area contributed by atoms with Gasteiger partial charge in [0.1, 0.15) is 0 Å². The van der Waals surface area contributed by atoms with Crippen molar-refractivity contribution in [2.45, 2.75) is 70.8 Å². The zero-order valence-electron chi connectivity index (χ0n) is 17.5. The third-order valence-electron chi connectivity index (χ3n) is 7.23. The van der Waals surface area contributed by atoms with Gasteiger partial charge in [-0.1, -0.05) is 68.9 Å². The molecule has 162 valence electrons. The van der Waals surface area contributed by atoms with Crippen molar-refractivity contribution in [3.05, 3.63) is 53.8 Å². The smallest absolute Gasteiger partial charge is 0.387 e. The molecule has 4 rings (SSSR count). The Morgan fingerprint density at radius 1 is 0.800 bits per heavy atom. The third kappa shape index (κ3) is 5.39. The maximum Gasteiger partial charge on any atom is 0.387 e. The Morgan fingerprint density at radius 2 is 1.43 bits per heavy atom. The van der Waals surface area contributed by atoms with Gasteiger partial charge in [-0.15, -0.1) is 0 Å². The van der Waals surface area contributed by atoms with Gasteiger partial charge in [-0.25, -0.2) is 4.39 Å². The number of aryl methyl sites for hydroxylation is 1. The molecule has 2 fully saturated rings. The van der Waals surface area contributed by atoms with Gasteiger partial charge in [0.25, 0.3) is 0 Å². The lowest BCUT2D eigenvalue weighted by molar-refractivity contribution is -0.0521. The highest BCUT2D eigenvalue weighted by molar-refractivity contribution is 5.64. The summed E-state index contributed by atoms with van der Waals surface area (Å²) in [6, 6.07) is 12.3. The van der Waals surface area contributed by atoms with Crippen LogP contribution >= 0.6 is 0 Å². The fraction of sp³-hybridized carbons (Fsp3) is 0.538. The molecule has 0 amide bonds. The number of rotatable bonds is 7. The Labute approximate surface area is 177 Å². The first kappa shape index (κ1) is 21.3. The summed E-state index contributed by atoms with van der Waals surface area (Å²) >= 11 is 0. The summed E-state index contributed by atoms with van der Waals surface area (Å²) in [6.45, 7) is -3.03. The van der Waals surface area contributed by atoms with Crippen LogP contribution in [0.1, 0.15) is 63.4 Å². The second kappa shape index (κ2) is 9.89. The average molecular weight is 417 g/mol. The van der Waals surface area contributed by atoms with Crippen LogP contribution < -0.4 is 4.74 Å². The predicted molar refractivity (Wildman–Crippen MR) is 114 cm³/mol. The van der Waals surface area contributed by atoms with Gasteiger partial charge in [-0.3, -0.25) is 0 Å². The number of hydrogen-bond acceptors (Lipinski definition) is 1. The lowest BCUT2D eigenvalue weighted by Crippen LogP contribution is -2.20. The summed E-state index contributed by atoms with van der Waals surface area (Å²) in [4.78, 5) is 0. The van der Waals surface area contributed by atoms with Crippen LogP contribution in [-0.4, -0.2) is 6.61 Å². The number of halogens is 3. The number of ether oxygens (including phenoxy) is 1. The highest BCUT2D eigenvalue weighted by atomic mass is 19.3. The van der Waals surface area contributed by atoms with E-state index < -0.39 is 18.2 Å². The minimum atomic E-state index is -3.03. The fourth-order valence-electron chi connectivity index (χ4n) is 5.48. The van der Waals surface area contributed by atoms with E-state index in [4.69, 9.17) is 0 Å². The molecule has 30 heavy (non-hydrogen) atoms. The molecule has 2 aromatic carbocycles. The molecule has 1 nitrogen and oxygen atoms in total. The Bertz CT molecular complexity index is 804. The molecule has 2 saturated carbocycles. The molecular formula is C26H31F3O. The normalized spacial score (nSPS) is 22.5. The van der Waals surface area contributed by atoms with Crippen LogP contribution in [0.15, 0.2) is 42.5 Å². The summed E-state index contributed by atoms with van der Waals surface area (Å²) < 4.78 is 42.7. The average Bonchev–Trinajstić information content (AvgIpc) is 3.29. The topological polar surface area (TPSA) is 9.23 Å². The zero-order chi connectivity index (χ0) is 20.9. The van der Waals surface area contributed by atoms with Gasteiger partial charge in [-0.2, -0.15) is 8.78 Å². The summed E-state index contributed by atoms with van der Waals surface area (Å²) in [5.41, 5.74) is 2.83. The van der Waals surface area contributed by atoms with E-state index in [1.807, 2.05) is 12.1 Å². The third-order valence-corrected chi connectivity index (χ3v) is 7.23. The molecule has 0 aliphatic heterocycles. The Kier molecular flexibility index (Phi) is 7.01. The van der Waals surface area contributed by atoms with E-state index in [2.05, 4.69) is 16.9 Å². The van der Waals surface area contributed by atoms with E-state index in [1.54, 1.807) is 6.07 Å². The van der Waals surface area contributed by atoms with Gasteiger partial charge >= 0.3 is 6.61 Å². The highest BCUT2D eigenvalue weighted by Crippen LogP contribution is 2.41. The standard InChI is InChI=1S/C26H31F3O/c27-24-17-23(15-16-25(24)30-26(28)29)22-13-9-19(10-14-22)6-5-18-7-11-21(12-8-18)20-3-1-2-4-20/h9-10,13-18,20-21,26H,1-8,11-12H2/t18-,21-. The Balaban J connectivity index is 1.27. The maximum atomic E-state index is 14.0. The second-order valence-corrected chi connectivity index (χ2v) is 9.08. The van der Waals surface area contributed by atoms with Crippen molar-refractivity contribution < 1.29 is 17.9 Å². The van der Waals surface area contributed by atoms with Crippen LogP contribution in [0.3, 0.4) is 0 Å². The molecule has 0 atom stereocenters. The van der Waals surface area contributed by atoms with Crippen molar-refractivity contribution in [3.63, 3.8) is 0 Å². The van der Waals surface area contributed by atoms with Crippen LogP contribution in [0.25, 0.3) is 11.1 Å². The van der Waals surface area contributed by atoms with Crippen LogP contribution in [0.2, 0.25) is 0 Å². The van der Waals surface area contributed by atoms with E-state index in [0.717, 1.165) is 29.7 Å². The van der Waals surface area contributed by atoms with Crippen molar-refractivity contribution in [1.82, 2.24) is 0 Å². The monoisotopic (exact) mass is 416 g/mol. The molecule has 2 aliphatic carbocycles. The molecule has 0 aromatic heterocycles. The molecular weight excluding hydrogens is 385 g/mol. The Hall–Kier alpha value is -1.97. The van der Waals surface area contributed by atoms with Gasteiger partial charge < -0.3 is 4.74 Å². The van der Waals surface area contributed by atoms with Gasteiger partial charge in [0.05, 0.1) is 0 Å². The van der Waals surface area contributed by atoms with Crippen LogP contribution in [0.5, 0.6) is 5.75 Å². The van der Waals surface area contributed by atoms with Crippen LogP contribution in [0, 0.1) is 23.6 Å². The molecule has 0 radical (unpaired) electrons. The first-order valence-electron chi connectivity index (χ1n) is 11.4. The van der Waals surface area contributed by atoms with E-state index in [9.17, 15) is 13.2 Å². The van der Waals surface area contributed by atoms with Crippen molar-refractivity contribution in [2.75, 3.05) is 0 Å². The van der Waals surface area contributed by atoms with Crippen molar-refractivity contribution in [2.24, 2.45) is 17.8 Å². The van der Waals surface area contributed by atoms with E-state index in [0.29, 0.717) is 5.56 Å². The van der Waals surface area contributed by atoms with Crippen molar-refractivity contribution in [1.29, 1.82) is 0 Å². The lowest BCUT2D eigenvalue weighted by atomic mass is 9.74. The minimum absolute atomic E-state index is 0.423. The van der Waals surface area contributed by atoms with Gasteiger partial charge in [0.15, 0.2) is 11.6 Å². The molecule has 0 bridgehead atoms. The van der Waals surface area contributed by atoms with Crippen LogP contribution in [0.4, 0.5) is 13.2 Å². The second-order valence-electron chi connectivity index (χ2n) is 9.08. The Morgan fingerprint density at radius 3 is 2.07 bits per heavy atom. The van der Waals surface area contributed by atoms with Crippen molar-refractivity contribution >= 4 is 0 Å². The van der Waals surface area contributed by atoms with E-state index in [-0.39, 0.29) is 0 Å². The fourth-order valence-corrected chi connectivity index (χ4v) is 5.48. The summed E-state index contributed by atoms with van der Waals surface area (Å²) in [7, 11) is 0. The maximum absolute atomic E-state index is 14.0. The largest absolute Gasteiger partial charge is 0.432 e. The quantitative estimate of drug-likeness (QED) is 0.444. The molecule has 0 N–H and O–H groups in total. The molecule has 0 spiro atoms. The molecule has 0 unspecified atom stereocenters. The first-order chi connectivity index (χ1) is 14.6. The van der Waals surface area contributed by atoms with E-state index >= 15 is 0 Å². The van der Waals surface area contributed by atoms with Gasteiger partial charge in [0, 0.05) is 0 Å². The minimum Gasteiger partial charge on any atom is -0.432 e. The molecule has 0 saturated heterocycles. The summed E-state index contributed by atoms with van der Waals surface area (Å²) in [6.07, 6.45) is 13.7. The molecule has 4 heteroatoms. The number of alkyl halides is 2. The summed E-state index contributed by atoms with van der Waals surface area (Å²) in [5, 5.41) is 0. The molecule has 2 aromatic rings. The molecule has 2 aliphatic rings. The lowest BCUT2D eigenvalue weighted by Gasteiger charge is -2.32. The van der Waals surface area contributed by atoms with Gasteiger partial charge in [0.2, 0.25) is 0 Å². The number of hydrogen-bond donors (Lipinski definition) is 0. The van der Waals surface area contributed by atoms with Crippen LogP contribution in [-0.2, 0) is 6.42 Å². The first-order valence-corrected chi connectivity index (χ1v) is 11.4. The van der Waals surface area contributed by atoms with Gasteiger partial charge in [-0.05, 0) is 72.3 Å². The SMILES string of the molecule is Fc1cc(-c2ccc(CC[C@H]3CC[C@H](C4CCCC4)CC3)cc2)ccc1OC(F)F. The predicted octanol–water partition coefficient (Wildman–Crippen LogP) is 8.02. The van der Waals surface area contributed by atoms with E-state index in [1.165, 1.54) is 75.5 Å². The zero-order valence-corrected chi connectivity index (χ0v) is 17.5. The summed E-state index contributed by atoms with van der Waals surface area (Å²) in [5.74, 6) is 1.65. The highest BCUT2D eigenvalue weighted by Gasteiger charge is 2.29. The number of benzene rings is 2. The molecule has 0 heterocycles. The van der Waals surface area contributed by atoms with Crippen molar-refractivity contribution in [3.8, 4) is 16.9 Å².